The average Bonchev–Trinajstić information content (AvgIpc) is 3.01. The molecule has 0 aromatic carbocycles. The number of carbonyl (C=O) groups excluding carboxylic acids is 2. The lowest BCUT2D eigenvalue weighted by molar-refractivity contribution is 0.0635. The van der Waals surface area contributed by atoms with Crippen LogP contribution in [0.2, 0.25) is 0 Å². The summed E-state index contributed by atoms with van der Waals surface area (Å²) in [6.07, 6.45) is 1.98. The standard InChI is InChI=1S/C20H22N4O5/c1-5-27-19(26)28-17-12-24-11-13(9-10-16(24)23-17)14-7-6-8-15(21-14)22-18(25)29-20(2,3)4/h6-12H,5H2,1-4H3,(H,21,22,25). The predicted molar refractivity (Wildman–Crippen MR) is 106 cm³/mol. The maximum absolute atomic E-state index is 12.0. The molecule has 3 aromatic heterocycles. The predicted octanol–water partition coefficient (Wildman–Crippen LogP) is 4.28. The second kappa shape index (κ2) is 8.17. The summed E-state index contributed by atoms with van der Waals surface area (Å²) in [4.78, 5) is 32.0. The molecule has 3 heterocycles. The molecule has 1 amide bonds. The van der Waals surface area contributed by atoms with Gasteiger partial charge in [0, 0.05) is 11.8 Å². The van der Waals surface area contributed by atoms with Crippen molar-refractivity contribution in [1.82, 2.24) is 14.4 Å². The van der Waals surface area contributed by atoms with Gasteiger partial charge in [-0.3, -0.25) is 5.32 Å². The number of fused-ring (bicyclic) bond motifs is 1. The Morgan fingerprint density at radius 1 is 1.10 bits per heavy atom. The number of rotatable bonds is 4. The fourth-order valence-electron chi connectivity index (χ4n) is 2.48. The summed E-state index contributed by atoms with van der Waals surface area (Å²) in [7, 11) is 0. The Balaban J connectivity index is 1.79. The molecule has 0 bridgehead atoms. The third kappa shape index (κ3) is 5.44. The van der Waals surface area contributed by atoms with Gasteiger partial charge in [0.1, 0.15) is 17.1 Å². The Morgan fingerprint density at radius 3 is 2.62 bits per heavy atom. The molecule has 0 saturated carbocycles. The van der Waals surface area contributed by atoms with Crippen molar-refractivity contribution in [3.05, 3.63) is 42.7 Å². The van der Waals surface area contributed by atoms with Gasteiger partial charge in [0.05, 0.1) is 18.5 Å². The molecular weight excluding hydrogens is 376 g/mol. The van der Waals surface area contributed by atoms with Gasteiger partial charge in [-0.1, -0.05) is 6.07 Å². The molecule has 0 saturated heterocycles. The van der Waals surface area contributed by atoms with Crippen LogP contribution >= 0.6 is 0 Å². The highest BCUT2D eigenvalue weighted by molar-refractivity contribution is 5.84. The van der Waals surface area contributed by atoms with E-state index >= 15 is 0 Å². The Bertz CT molecular complexity index is 1040. The van der Waals surface area contributed by atoms with Crippen molar-refractivity contribution in [1.29, 1.82) is 0 Å². The van der Waals surface area contributed by atoms with Gasteiger partial charge in [-0.2, -0.15) is 4.98 Å². The monoisotopic (exact) mass is 398 g/mol. The van der Waals surface area contributed by atoms with Gasteiger partial charge in [-0.05, 0) is 52.0 Å². The van der Waals surface area contributed by atoms with Crippen LogP contribution in [0.3, 0.4) is 0 Å². The molecule has 1 N–H and O–H groups in total. The number of hydrogen-bond acceptors (Lipinski definition) is 7. The summed E-state index contributed by atoms with van der Waals surface area (Å²) in [5.74, 6) is 0.503. The second-order valence-corrected chi connectivity index (χ2v) is 7.08. The lowest BCUT2D eigenvalue weighted by atomic mass is 10.2. The van der Waals surface area contributed by atoms with Gasteiger partial charge in [0.25, 0.3) is 0 Å². The van der Waals surface area contributed by atoms with Crippen molar-refractivity contribution in [2.75, 3.05) is 11.9 Å². The van der Waals surface area contributed by atoms with E-state index in [1.165, 1.54) is 0 Å². The average molecular weight is 398 g/mol. The minimum Gasteiger partial charge on any atom is -0.444 e. The molecule has 0 radical (unpaired) electrons. The van der Waals surface area contributed by atoms with E-state index in [9.17, 15) is 9.59 Å². The Hall–Kier alpha value is -3.62. The molecule has 0 fully saturated rings. The molecule has 0 unspecified atom stereocenters. The maximum Gasteiger partial charge on any atom is 0.515 e. The zero-order chi connectivity index (χ0) is 21.0. The van der Waals surface area contributed by atoms with E-state index < -0.39 is 17.8 Å². The Kier molecular flexibility index (Phi) is 5.67. The second-order valence-electron chi connectivity index (χ2n) is 7.08. The van der Waals surface area contributed by atoms with Gasteiger partial charge in [-0.15, -0.1) is 0 Å². The number of nitrogens with zero attached hydrogens (tertiary/aromatic N) is 3. The van der Waals surface area contributed by atoms with E-state index in [-0.39, 0.29) is 12.5 Å². The molecular formula is C20H22N4O5. The van der Waals surface area contributed by atoms with Crippen LogP contribution in [0.15, 0.2) is 42.7 Å². The maximum atomic E-state index is 12.0. The number of aromatic nitrogens is 3. The van der Waals surface area contributed by atoms with Crippen LogP contribution in [0.5, 0.6) is 5.88 Å². The van der Waals surface area contributed by atoms with Crippen molar-refractivity contribution in [3.8, 4) is 17.1 Å². The lowest BCUT2D eigenvalue weighted by Gasteiger charge is -2.19. The van der Waals surface area contributed by atoms with Crippen LogP contribution in [0.4, 0.5) is 15.4 Å². The van der Waals surface area contributed by atoms with Gasteiger partial charge in [-0.25, -0.2) is 14.6 Å². The van der Waals surface area contributed by atoms with Crippen LogP contribution in [0, 0.1) is 0 Å². The summed E-state index contributed by atoms with van der Waals surface area (Å²) in [5.41, 5.74) is 1.42. The Morgan fingerprint density at radius 2 is 1.90 bits per heavy atom. The highest BCUT2D eigenvalue weighted by atomic mass is 16.7. The highest BCUT2D eigenvalue weighted by Gasteiger charge is 2.17. The quantitative estimate of drug-likeness (QED) is 0.654. The third-order valence-electron chi connectivity index (χ3n) is 3.55. The summed E-state index contributed by atoms with van der Waals surface area (Å²) >= 11 is 0. The van der Waals surface area contributed by atoms with Crippen molar-refractivity contribution < 1.29 is 23.8 Å². The first kappa shape index (κ1) is 20.1. The molecule has 0 atom stereocenters. The van der Waals surface area contributed by atoms with Gasteiger partial charge >= 0.3 is 12.2 Å². The fourth-order valence-corrected chi connectivity index (χ4v) is 2.48. The minimum atomic E-state index is -0.807. The number of carbonyl (C=O) groups is 2. The smallest absolute Gasteiger partial charge is 0.444 e. The van der Waals surface area contributed by atoms with E-state index in [1.54, 1.807) is 62.7 Å². The summed E-state index contributed by atoms with van der Waals surface area (Å²) in [6.45, 7) is 7.27. The minimum absolute atomic E-state index is 0.133. The number of anilines is 1. The normalized spacial score (nSPS) is 11.2. The van der Waals surface area contributed by atoms with Gasteiger partial charge in [0.15, 0.2) is 0 Å². The summed E-state index contributed by atoms with van der Waals surface area (Å²) in [5, 5.41) is 2.62. The van der Waals surface area contributed by atoms with E-state index in [0.717, 1.165) is 5.56 Å². The van der Waals surface area contributed by atoms with E-state index in [0.29, 0.717) is 17.2 Å². The van der Waals surface area contributed by atoms with Crippen molar-refractivity contribution in [3.63, 3.8) is 0 Å². The molecule has 0 aliphatic rings. The highest BCUT2D eigenvalue weighted by Crippen LogP contribution is 2.22. The van der Waals surface area contributed by atoms with E-state index in [1.807, 2.05) is 12.1 Å². The molecule has 3 rings (SSSR count). The third-order valence-corrected chi connectivity index (χ3v) is 3.55. The molecule has 0 spiro atoms. The summed E-state index contributed by atoms with van der Waals surface area (Å²) < 4.78 is 16.7. The molecule has 152 valence electrons. The zero-order valence-corrected chi connectivity index (χ0v) is 16.6. The first-order chi connectivity index (χ1) is 13.7. The number of amides is 1. The number of pyridine rings is 2. The lowest BCUT2D eigenvalue weighted by Crippen LogP contribution is -2.27. The molecule has 0 aliphatic carbocycles. The molecule has 3 aromatic rings. The first-order valence-corrected chi connectivity index (χ1v) is 9.04. The molecule has 29 heavy (non-hydrogen) atoms. The number of hydrogen-bond donors (Lipinski definition) is 1. The van der Waals surface area contributed by atoms with Crippen LogP contribution in [0.25, 0.3) is 16.9 Å². The number of imidazole rings is 1. The Labute approximate surface area is 167 Å². The van der Waals surface area contributed by atoms with E-state index in [4.69, 9.17) is 14.2 Å². The molecule has 0 aliphatic heterocycles. The van der Waals surface area contributed by atoms with Crippen LogP contribution < -0.4 is 10.1 Å². The first-order valence-electron chi connectivity index (χ1n) is 9.04. The van der Waals surface area contributed by atoms with Crippen LogP contribution in [0.1, 0.15) is 27.7 Å². The molecule has 9 heteroatoms. The zero-order valence-electron chi connectivity index (χ0n) is 16.6. The molecule has 9 nitrogen and oxygen atoms in total. The van der Waals surface area contributed by atoms with Crippen molar-refractivity contribution in [2.24, 2.45) is 0 Å². The largest absolute Gasteiger partial charge is 0.515 e. The van der Waals surface area contributed by atoms with Gasteiger partial charge in [0.2, 0.25) is 5.88 Å². The topological polar surface area (TPSA) is 104 Å². The van der Waals surface area contributed by atoms with Gasteiger partial charge < -0.3 is 18.6 Å². The number of nitrogens with one attached hydrogen (secondary N) is 1. The fraction of sp³-hybridized carbons (Fsp3) is 0.300. The van der Waals surface area contributed by atoms with E-state index in [2.05, 4.69) is 15.3 Å². The number of ether oxygens (including phenoxy) is 3. The van der Waals surface area contributed by atoms with Crippen molar-refractivity contribution in [2.45, 2.75) is 33.3 Å². The van der Waals surface area contributed by atoms with Crippen molar-refractivity contribution >= 4 is 23.7 Å². The summed E-state index contributed by atoms with van der Waals surface area (Å²) in [6, 6.07) is 8.87. The van der Waals surface area contributed by atoms with Crippen LogP contribution in [-0.2, 0) is 9.47 Å². The van der Waals surface area contributed by atoms with Crippen LogP contribution in [-0.4, -0.2) is 38.8 Å². The SMILES string of the molecule is CCOC(=O)Oc1cn2cc(-c3cccc(NC(=O)OC(C)(C)C)n3)ccc2n1.